The van der Waals surface area contributed by atoms with Gasteiger partial charge in [0.15, 0.2) is 0 Å². The summed E-state index contributed by atoms with van der Waals surface area (Å²) >= 11 is 0. The molecule has 3 heteroatoms. The Bertz CT molecular complexity index is 402. The predicted octanol–water partition coefficient (Wildman–Crippen LogP) is 2.22. The van der Waals surface area contributed by atoms with E-state index < -0.39 is 0 Å². The molecular weight excluding hydrogens is 246 g/mol. The van der Waals surface area contributed by atoms with Crippen LogP contribution in [0.1, 0.15) is 25.5 Å². The highest BCUT2D eigenvalue weighted by molar-refractivity contribution is 5.20. The number of benzene rings is 1. The van der Waals surface area contributed by atoms with Crippen LogP contribution in [-0.4, -0.2) is 56.6 Å². The third kappa shape index (κ3) is 4.05. The van der Waals surface area contributed by atoms with Crippen LogP contribution in [0.3, 0.4) is 0 Å². The van der Waals surface area contributed by atoms with Crippen molar-refractivity contribution in [2.24, 2.45) is 5.41 Å². The average Bonchev–Trinajstić information content (AvgIpc) is 2.41. The van der Waals surface area contributed by atoms with E-state index in [9.17, 15) is 0 Å². The molecular formula is C17H29N3. The van der Waals surface area contributed by atoms with Crippen molar-refractivity contribution in [1.29, 1.82) is 0 Å². The summed E-state index contributed by atoms with van der Waals surface area (Å²) in [6.07, 6.45) is 0. The van der Waals surface area contributed by atoms with Crippen LogP contribution in [0.2, 0.25) is 0 Å². The molecule has 1 aliphatic rings. The number of hydrogen-bond acceptors (Lipinski definition) is 3. The third-order valence-electron chi connectivity index (χ3n) is 4.17. The summed E-state index contributed by atoms with van der Waals surface area (Å²) in [7, 11) is 4.27. The largest absolute Gasteiger partial charge is 0.319 e. The molecule has 1 N–H and O–H groups in total. The van der Waals surface area contributed by atoms with Crippen LogP contribution in [-0.2, 0) is 0 Å². The van der Waals surface area contributed by atoms with Crippen molar-refractivity contribution in [3.8, 4) is 0 Å². The summed E-state index contributed by atoms with van der Waals surface area (Å²) in [5.74, 6) is 0. The minimum atomic E-state index is 0.303. The molecule has 1 heterocycles. The number of nitrogens with one attached hydrogen (secondary N) is 1. The zero-order valence-electron chi connectivity index (χ0n) is 13.4. The van der Waals surface area contributed by atoms with Crippen molar-refractivity contribution in [3.05, 3.63) is 35.9 Å². The van der Waals surface area contributed by atoms with Crippen molar-refractivity contribution >= 4 is 0 Å². The molecule has 1 aliphatic heterocycles. The number of hydrogen-bond donors (Lipinski definition) is 1. The van der Waals surface area contributed by atoms with Gasteiger partial charge in [0.25, 0.3) is 0 Å². The number of nitrogens with zero attached hydrogens (tertiary/aromatic N) is 2. The lowest BCUT2D eigenvalue weighted by Gasteiger charge is -2.43. The molecule has 1 aromatic carbocycles. The van der Waals surface area contributed by atoms with Gasteiger partial charge in [0.1, 0.15) is 0 Å². The van der Waals surface area contributed by atoms with Crippen LogP contribution in [0.4, 0.5) is 0 Å². The molecule has 0 radical (unpaired) electrons. The van der Waals surface area contributed by atoms with Crippen molar-refractivity contribution in [1.82, 2.24) is 15.1 Å². The second-order valence-electron chi connectivity index (χ2n) is 6.85. The Labute approximate surface area is 124 Å². The predicted molar refractivity (Wildman–Crippen MR) is 86.0 cm³/mol. The van der Waals surface area contributed by atoms with Crippen LogP contribution in [0, 0.1) is 5.41 Å². The smallest absolute Gasteiger partial charge is 0.0475 e. The van der Waals surface area contributed by atoms with Gasteiger partial charge in [-0.3, -0.25) is 4.90 Å². The Balaban J connectivity index is 2.12. The average molecular weight is 275 g/mol. The van der Waals surface area contributed by atoms with Crippen molar-refractivity contribution < 1.29 is 0 Å². The fourth-order valence-electron chi connectivity index (χ4n) is 3.22. The molecule has 1 unspecified atom stereocenters. The molecule has 3 nitrogen and oxygen atoms in total. The fourth-order valence-corrected chi connectivity index (χ4v) is 3.22. The van der Waals surface area contributed by atoms with Crippen molar-refractivity contribution in [2.75, 3.05) is 46.8 Å². The van der Waals surface area contributed by atoms with E-state index in [1.165, 1.54) is 12.1 Å². The lowest BCUT2D eigenvalue weighted by atomic mass is 9.90. The molecule has 2 rings (SSSR count). The molecule has 0 amide bonds. The van der Waals surface area contributed by atoms with Gasteiger partial charge in [0.05, 0.1) is 0 Å². The molecule has 112 valence electrons. The van der Waals surface area contributed by atoms with Gasteiger partial charge in [-0.05, 0) is 25.1 Å². The van der Waals surface area contributed by atoms with Gasteiger partial charge in [-0.15, -0.1) is 0 Å². The summed E-state index contributed by atoms with van der Waals surface area (Å²) in [4.78, 5) is 5.10. The first kappa shape index (κ1) is 15.5. The first-order chi connectivity index (χ1) is 9.52. The molecule has 0 aliphatic carbocycles. The molecule has 1 aromatic rings. The maximum absolute atomic E-state index is 3.32. The Morgan fingerprint density at radius 2 is 1.90 bits per heavy atom. The van der Waals surface area contributed by atoms with Gasteiger partial charge in [0.2, 0.25) is 0 Å². The highest BCUT2D eigenvalue weighted by Gasteiger charge is 2.30. The van der Waals surface area contributed by atoms with Crippen LogP contribution >= 0.6 is 0 Å². The Kier molecular flexibility index (Phi) is 5.19. The first-order valence-electron chi connectivity index (χ1n) is 7.64. The third-order valence-corrected chi connectivity index (χ3v) is 4.17. The van der Waals surface area contributed by atoms with E-state index in [-0.39, 0.29) is 0 Å². The van der Waals surface area contributed by atoms with E-state index in [1.54, 1.807) is 0 Å². The Hall–Kier alpha value is -0.900. The van der Waals surface area contributed by atoms with Gasteiger partial charge in [0, 0.05) is 38.8 Å². The van der Waals surface area contributed by atoms with Gasteiger partial charge in [-0.2, -0.15) is 0 Å². The lowest BCUT2D eigenvalue weighted by molar-refractivity contribution is 0.0565. The molecule has 0 bridgehead atoms. The maximum atomic E-state index is 3.32. The summed E-state index contributed by atoms with van der Waals surface area (Å²) < 4.78 is 0. The zero-order valence-corrected chi connectivity index (χ0v) is 13.4. The molecule has 1 atom stereocenters. The molecule has 0 saturated carbocycles. The SMILES string of the molecule is CNCC(C)(C)CN1CCN(C)CC1c1ccccc1. The number of piperazine rings is 1. The summed E-state index contributed by atoms with van der Waals surface area (Å²) in [5, 5.41) is 3.32. The second kappa shape index (κ2) is 6.70. The quantitative estimate of drug-likeness (QED) is 0.889. The highest BCUT2D eigenvalue weighted by atomic mass is 15.3. The highest BCUT2D eigenvalue weighted by Crippen LogP contribution is 2.28. The second-order valence-corrected chi connectivity index (χ2v) is 6.85. The summed E-state index contributed by atoms with van der Waals surface area (Å²) in [6, 6.07) is 11.5. The number of likely N-dealkylation sites (N-methyl/N-ethyl adjacent to an activating group) is 1. The number of rotatable bonds is 5. The molecule has 1 saturated heterocycles. The molecule has 20 heavy (non-hydrogen) atoms. The van der Waals surface area contributed by atoms with E-state index in [2.05, 4.69) is 66.3 Å². The minimum absolute atomic E-state index is 0.303. The van der Waals surface area contributed by atoms with Crippen molar-refractivity contribution in [2.45, 2.75) is 19.9 Å². The normalized spacial score (nSPS) is 22.1. The van der Waals surface area contributed by atoms with E-state index in [4.69, 9.17) is 0 Å². The van der Waals surface area contributed by atoms with Crippen LogP contribution < -0.4 is 5.32 Å². The Morgan fingerprint density at radius 1 is 1.20 bits per heavy atom. The topological polar surface area (TPSA) is 18.5 Å². The first-order valence-corrected chi connectivity index (χ1v) is 7.64. The standard InChI is InChI=1S/C17H29N3/c1-17(2,13-18-3)14-20-11-10-19(4)12-16(20)15-8-6-5-7-9-15/h5-9,16,18H,10-14H2,1-4H3. The van der Waals surface area contributed by atoms with Crippen LogP contribution in [0.15, 0.2) is 30.3 Å². The summed E-state index contributed by atoms with van der Waals surface area (Å²) in [5.41, 5.74) is 1.75. The monoisotopic (exact) mass is 275 g/mol. The fraction of sp³-hybridized carbons (Fsp3) is 0.647. The van der Waals surface area contributed by atoms with Gasteiger partial charge < -0.3 is 10.2 Å². The van der Waals surface area contributed by atoms with Crippen molar-refractivity contribution in [3.63, 3.8) is 0 Å². The molecule has 1 fully saturated rings. The van der Waals surface area contributed by atoms with E-state index in [0.29, 0.717) is 11.5 Å². The zero-order chi connectivity index (χ0) is 14.6. The van der Waals surface area contributed by atoms with Gasteiger partial charge in [-0.25, -0.2) is 0 Å². The van der Waals surface area contributed by atoms with Crippen LogP contribution in [0.25, 0.3) is 0 Å². The van der Waals surface area contributed by atoms with E-state index in [0.717, 1.165) is 26.2 Å². The van der Waals surface area contributed by atoms with E-state index in [1.807, 2.05) is 7.05 Å². The van der Waals surface area contributed by atoms with Crippen LogP contribution in [0.5, 0.6) is 0 Å². The lowest BCUT2D eigenvalue weighted by Crippen LogP contribution is -2.50. The van der Waals surface area contributed by atoms with E-state index >= 15 is 0 Å². The summed E-state index contributed by atoms with van der Waals surface area (Å²) in [6.45, 7) is 10.3. The van der Waals surface area contributed by atoms with Gasteiger partial charge >= 0.3 is 0 Å². The van der Waals surface area contributed by atoms with Gasteiger partial charge in [-0.1, -0.05) is 44.2 Å². The Morgan fingerprint density at radius 3 is 2.55 bits per heavy atom. The molecule has 0 aromatic heterocycles. The molecule has 0 spiro atoms. The minimum Gasteiger partial charge on any atom is -0.319 e. The maximum Gasteiger partial charge on any atom is 0.0475 e.